The number of amides is 4. The lowest BCUT2D eigenvalue weighted by atomic mass is 10.1. The molecule has 0 aliphatic carbocycles. The van der Waals surface area contributed by atoms with E-state index >= 15 is 0 Å². The Morgan fingerprint density at radius 1 is 0.638 bits per heavy atom. The number of nitrogens with zero attached hydrogens (tertiary/aromatic N) is 4. The van der Waals surface area contributed by atoms with Gasteiger partial charge >= 0.3 is 0 Å². The van der Waals surface area contributed by atoms with Gasteiger partial charge in [-0.2, -0.15) is 0 Å². The first-order chi connectivity index (χ1) is 22.6. The lowest BCUT2D eigenvalue weighted by molar-refractivity contribution is -0.140. The summed E-state index contributed by atoms with van der Waals surface area (Å²) in [4.78, 5) is 59.6. The van der Waals surface area contributed by atoms with Gasteiger partial charge in [-0.25, -0.2) is 0 Å². The number of thiocarbonyl (C=S) groups is 2. The Bertz CT molecular complexity index is 1610. The first-order valence-electron chi connectivity index (χ1n) is 15.8. The minimum absolute atomic E-state index is 0.0435. The third kappa shape index (κ3) is 9.19. The van der Waals surface area contributed by atoms with Crippen molar-refractivity contribution < 1.29 is 19.2 Å². The molecule has 246 valence electrons. The number of rotatable bonds is 11. The van der Waals surface area contributed by atoms with Crippen LogP contribution in [0.15, 0.2) is 58.3 Å². The minimum Gasteiger partial charge on any atom is -0.339 e. The van der Waals surface area contributed by atoms with Crippen LogP contribution in [0, 0.1) is 13.8 Å². The van der Waals surface area contributed by atoms with Crippen molar-refractivity contribution in [2.24, 2.45) is 0 Å². The molecule has 8 nitrogen and oxygen atoms in total. The molecule has 0 unspecified atom stereocenters. The van der Waals surface area contributed by atoms with E-state index in [1.165, 1.54) is 34.0 Å². The molecular weight excluding hydrogens is 669 g/mol. The first-order valence-corrected chi connectivity index (χ1v) is 18.2. The second kappa shape index (κ2) is 16.2. The predicted molar refractivity (Wildman–Crippen MR) is 198 cm³/mol. The molecule has 3 heterocycles. The molecule has 5 rings (SSSR count). The molecule has 3 saturated heterocycles. The molecule has 4 amide bonds. The zero-order valence-corrected chi connectivity index (χ0v) is 29.9. The lowest BCUT2D eigenvalue weighted by Crippen LogP contribution is -2.51. The van der Waals surface area contributed by atoms with E-state index in [1.807, 2.05) is 79.4 Å². The fraction of sp³-hybridized carbons (Fsp3) is 0.371. The van der Waals surface area contributed by atoms with Crippen molar-refractivity contribution in [1.29, 1.82) is 0 Å². The minimum atomic E-state index is -0.169. The van der Waals surface area contributed by atoms with Crippen LogP contribution < -0.4 is 0 Å². The molecule has 47 heavy (non-hydrogen) atoms. The Hall–Kier alpha value is -3.32. The average Bonchev–Trinajstić information content (AvgIpc) is 3.48. The number of aryl methyl sites for hydroxylation is 2. The summed E-state index contributed by atoms with van der Waals surface area (Å²) in [5, 5.41) is 0. The smallest absolute Gasteiger partial charge is 0.266 e. The summed E-state index contributed by atoms with van der Waals surface area (Å²) >= 11 is 13.5. The fourth-order valence-electron chi connectivity index (χ4n) is 5.47. The summed E-state index contributed by atoms with van der Waals surface area (Å²) in [7, 11) is 0. The molecule has 3 aliphatic heterocycles. The molecule has 3 aliphatic rings. The molecule has 0 aromatic heterocycles. The second-order valence-corrected chi connectivity index (χ2v) is 15.2. The summed E-state index contributed by atoms with van der Waals surface area (Å²) in [6, 6.07) is 15.9. The van der Waals surface area contributed by atoms with Crippen LogP contribution in [0.3, 0.4) is 0 Å². The van der Waals surface area contributed by atoms with Gasteiger partial charge in [0.1, 0.15) is 8.64 Å². The summed E-state index contributed by atoms with van der Waals surface area (Å²) < 4.78 is 1.04. The first kappa shape index (κ1) is 35.0. The standard InChI is InChI=1S/C35H38N4O4S4/c1-24-7-11-26(12-8-24)22-28-32(42)38(34(44)46-28)16-5-3-4-6-30(40)36-18-20-37(21-19-36)31(41)15-17-39-33(43)29(47-35(39)45)23-27-13-9-25(2)10-14-27/h7-14,22-23H,3-6,15-21H2,1-2H3/b28-22-,29-23+. The molecule has 0 radical (unpaired) electrons. The van der Waals surface area contributed by atoms with E-state index < -0.39 is 0 Å². The van der Waals surface area contributed by atoms with Crippen LogP contribution in [0.25, 0.3) is 12.2 Å². The van der Waals surface area contributed by atoms with Crippen molar-refractivity contribution in [2.75, 3.05) is 39.3 Å². The molecule has 0 atom stereocenters. The highest BCUT2D eigenvalue weighted by molar-refractivity contribution is 8.27. The molecule has 2 aromatic rings. The van der Waals surface area contributed by atoms with E-state index in [9.17, 15) is 19.2 Å². The van der Waals surface area contributed by atoms with Crippen LogP contribution in [0.5, 0.6) is 0 Å². The molecule has 2 aromatic carbocycles. The van der Waals surface area contributed by atoms with Gasteiger partial charge < -0.3 is 9.80 Å². The summed E-state index contributed by atoms with van der Waals surface area (Å²) in [5.41, 5.74) is 4.22. The lowest BCUT2D eigenvalue weighted by Gasteiger charge is -2.35. The quantitative estimate of drug-likeness (QED) is 0.159. The van der Waals surface area contributed by atoms with Crippen molar-refractivity contribution in [3.05, 3.63) is 80.6 Å². The molecule has 0 spiro atoms. The molecule has 0 saturated carbocycles. The van der Waals surface area contributed by atoms with Gasteiger partial charge in [0.05, 0.1) is 9.81 Å². The fourth-order valence-corrected chi connectivity index (χ4v) is 8.08. The zero-order chi connectivity index (χ0) is 33.5. The maximum absolute atomic E-state index is 13.0. The van der Waals surface area contributed by atoms with Gasteiger partial charge in [-0.1, -0.05) is 114 Å². The summed E-state index contributed by atoms with van der Waals surface area (Å²) in [5.74, 6) is -0.186. The molecule has 12 heteroatoms. The third-order valence-corrected chi connectivity index (χ3v) is 11.1. The van der Waals surface area contributed by atoms with Gasteiger partial charge in [0, 0.05) is 52.1 Å². The Morgan fingerprint density at radius 3 is 1.53 bits per heavy atom. The number of carbonyl (C=O) groups is 4. The van der Waals surface area contributed by atoms with Crippen molar-refractivity contribution >= 4 is 92.4 Å². The van der Waals surface area contributed by atoms with Gasteiger partial charge in [-0.3, -0.25) is 29.0 Å². The maximum atomic E-state index is 13.0. The maximum Gasteiger partial charge on any atom is 0.266 e. The van der Waals surface area contributed by atoms with Gasteiger partial charge in [0.15, 0.2) is 0 Å². The summed E-state index contributed by atoms with van der Waals surface area (Å²) in [6.07, 6.45) is 6.65. The predicted octanol–water partition coefficient (Wildman–Crippen LogP) is 6.03. The highest BCUT2D eigenvalue weighted by Gasteiger charge is 2.33. The number of unbranched alkanes of at least 4 members (excludes halogenated alkanes) is 2. The second-order valence-electron chi connectivity index (χ2n) is 11.8. The van der Waals surface area contributed by atoms with E-state index in [4.69, 9.17) is 24.4 Å². The van der Waals surface area contributed by atoms with Crippen LogP contribution in [0.4, 0.5) is 0 Å². The topological polar surface area (TPSA) is 81.2 Å². The Kier molecular flexibility index (Phi) is 12.1. The van der Waals surface area contributed by atoms with Crippen molar-refractivity contribution in [3.63, 3.8) is 0 Å². The van der Waals surface area contributed by atoms with E-state index in [2.05, 4.69) is 0 Å². The number of thioether (sulfide) groups is 2. The van der Waals surface area contributed by atoms with E-state index in [0.29, 0.717) is 57.6 Å². The van der Waals surface area contributed by atoms with E-state index in [1.54, 1.807) is 9.80 Å². The van der Waals surface area contributed by atoms with Crippen LogP contribution in [0.1, 0.15) is 54.4 Å². The largest absolute Gasteiger partial charge is 0.339 e. The average molecular weight is 707 g/mol. The van der Waals surface area contributed by atoms with E-state index in [-0.39, 0.29) is 36.6 Å². The Morgan fingerprint density at radius 2 is 1.06 bits per heavy atom. The van der Waals surface area contributed by atoms with Crippen LogP contribution in [-0.2, 0) is 19.2 Å². The van der Waals surface area contributed by atoms with Gasteiger partial charge in [-0.05, 0) is 50.0 Å². The summed E-state index contributed by atoms with van der Waals surface area (Å²) in [6.45, 7) is 6.76. The van der Waals surface area contributed by atoms with Crippen LogP contribution in [-0.4, -0.2) is 91.1 Å². The van der Waals surface area contributed by atoms with Crippen molar-refractivity contribution in [1.82, 2.24) is 19.6 Å². The van der Waals surface area contributed by atoms with Gasteiger partial charge in [0.25, 0.3) is 11.8 Å². The highest BCUT2D eigenvalue weighted by atomic mass is 32.2. The number of benzene rings is 2. The molecule has 0 N–H and O–H groups in total. The number of hydrogen-bond donors (Lipinski definition) is 0. The molecule has 0 bridgehead atoms. The molecule has 3 fully saturated rings. The van der Waals surface area contributed by atoms with Crippen molar-refractivity contribution in [2.45, 2.75) is 46.0 Å². The Balaban J connectivity index is 0.978. The SMILES string of the molecule is Cc1ccc(/C=C2\SC(=S)N(CCCCCC(=O)N3CCN(C(=O)CCN4C(=O)/C(=C\c5ccc(C)cc5)SC4=S)CC3)C2=O)cc1. The Labute approximate surface area is 295 Å². The zero-order valence-electron chi connectivity index (χ0n) is 26.6. The molecular formula is C35H38N4O4S4. The third-order valence-electron chi connectivity index (χ3n) is 8.30. The normalized spacial score (nSPS) is 18.8. The highest BCUT2D eigenvalue weighted by Crippen LogP contribution is 2.34. The van der Waals surface area contributed by atoms with E-state index in [0.717, 1.165) is 36.0 Å². The van der Waals surface area contributed by atoms with Crippen LogP contribution in [0.2, 0.25) is 0 Å². The number of hydrogen-bond acceptors (Lipinski definition) is 8. The van der Waals surface area contributed by atoms with Crippen molar-refractivity contribution in [3.8, 4) is 0 Å². The number of carbonyl (C=O) groups excluding carboxylic acids is 4. The van der Waals surface area contributed by atoms with Crippen LogP contribution >= 0.6 is 48.0 Å². The number of piperazine rings is 1. The monoisotopic (exact) mass is 706 g/mol. The van der Waals surface area contributed by atoms with Gasteiger partial charge in [-0.15, -0.1) is 0 Å². The van der Waals surface area contributed by atoms with Gasteiger partial charge in [0.2, 0.25) is 11.8 Å².